The van der Waals surface area contributed by atoms with Crippen LogP contribution < -0.4 is 20.1 Å². The Morgan fingerprint density at radius 3 is 2.21 bits per heavy atom. The molecule has 0 radical (unpaired) electrons. The van der Waals surface area contributed by atoms with E-state index in [1.54, 1.807) is 26.4 Å². The van der Waals surface area contributed by atoms with Crippen LogP contribution in [0.1, 0.15) is 13.8 Å². The fraction of sp³-hybridized carbons (Fsp3) is 0.238. The molecule has 0 amide bonds. The van der Waals surface area contributed by atoms with E-state index < -0.39 is 0 Å². The number of hydrogen-bond acceptors (Lipinski definition) is 6. The summed E-state index contributed by atoms with van der Waals surface area (Å²) in [5, 5.41) is 7.10. The molecule has 0 saturated heterocycles. The highest BCUT2D eigenvalue weighted by atomic mass is 35.5. The second kappa shape index (κ2) is 8.80. The van der Waals surface area contributed by atoms with E-state index in [0.29, 0.717) is 33.9 Å². The van der Waals surface area contributed by atoms with Crippen molar-refractivity contribution in [2.24, 2.45) is 0 Å². The van der Waals surface area contributed by atoms with Gasteiger partial charge in [-0.05, 0) is 13.8 Å². The van der Waals surface area contributed by atoms with Crippen molar-refractivity contribution < 1.29 is 9.47 Å². The van der Waals surface area contributed by atoms with Gasteiger partial charge in [-0.2, -0.15) is 0 Å². The van der Waals surface area contributed by atoms with Gasteiger partial charge < -0.3 is 20.1 Å². The minimum atomic E-state index is 0.233. The molecule has 1 aromatic heterocycles. The Labute approximate surface area is 169 Å². The molecular formula is C21H23ClN4O2. The second-order valence-corrected chi connectivity index (χ2v) is 6.85. The summed E-state index contributed by atoms with van der Waals surface area (Å²) in [5.74, 6) is 3.10. The third kappa shape index (κ3) is 4.64. The molecule has 1 heterocycles. The number of aromatic nitrogens is 2. The minimum Gasteiger partial charge on any atom is -0.495 e. The molecule has 2 aromatic carbocycles. The molecule has 3 aromatic rings. The average molecular weight is 399 g/mol. The van der Waals surface area contributed by atoms with Crippen LogP contribution >= 0.6 is 11.6 Å². The molecule has 0 unspecified atom stereocenters. The van der Waals surface area contributed by atoms with Gasteiger partial charge in [0, 0.05) is 29.8 Å². The highest BCUT2D eigenvalue weighted by Gasteiger charge is 2.13. The Kier molecular flexibility index (Phi) is 6.21. The van der Waals surface area contributed by atoms with Gasteiger partial charge in [-0.1, -0.05) is 41.9 Å². The summed E-state index contributed by atoms with van der Waals surface area (Å²) >= 11 is 6.20. The van der Waals surface area contributed by atoms with Gasteiger partial charge in [0.1, 0.15) is 23.1 Å². The maximum atomic E-state index is 6.20. The van der Waals surface area contributed by atoms with Gasteiger partial charge in [-0.25, -0.2) is 9.97 Å². The summed E-state index contributed by atoms with van der Waals surface area (Å²) in [4.78, 5) is 9.30. The first-order valence-electron chi connectivity index (χ1n) is 8.89. The molecule has 0 saturated carbocycles. The van der Waals surface area contributed by atoms with E-state index in [-0.39, 0.29) is 6.04 Å². The zero-order chi connectivity index (χ0) is 20.1. The van der Waals surface area contributed by atoms with E-state index in [2.05, 4.69) is 34.4 Å². The lowest BCUT2D eigenvalue weighted by Crippen LogP contribution is -2.12. The summed E-state index contributed by atoms with van der Waals surface area (Å²) in [7, 11) is 3.16. The second-order valence-electron chi connectivity index (χ2n) is 6.44. The lowest BCUT2D eigenvalue weighted by atomic mass is 10.2. The number of halogens is 1. The normalized spacial score (nSPS) is 10.6. The molecule has 0 atom stereocenters. The summed E-state index contributed by atoms with van der Waals surface area (Å²) in [6, 6.07) is 15.4. The van der Waals surface area contributed by atoms with Crippen LogP contribution in [0.15, 0.2) is 48.5 Å². The molecule has 0 fully saturated rings. The minimum absolute atomic E-state index is 0.233. The molecule has 0 spiro atoms. The molecule has 3 rings (SSSR count). The van der Waals surface area contributed by atoms with E-state index in [4.69, 9.17) is 21.1 Å². The fourth-order valence-electron chi connectivity index (χ4n) is 2.69. The van der Waals surface area contributed by atoms with Crippen molar-refractivity contribution >= 4 is 28.9 Å². The fourth-order valence-corrected chi connectivity index (χ4v) is 2.92. The molecular weight excluding hydrogens is 376 g/mol. The first-order valence-corrected chi connectivity index (χ1v) is 9.27. The lowest BCUT2D eigenvalue weighted by Gasteiger charge is -2.16. The number of nitrogens with zero attached hydrogens (tertiary/aromatic N) is 2. The largest absolute Gasteiger partial charge is 0.495 e. The van der Waals surface area contributed by atoms with Crippen molar-refractivity contribution in [2.45, 2.75) is 19.9 Å². The molecule has 0 aliphatic heterocycles. The van der Waals surface area contributed by atoms with E-state index in [1.807, 2.05) is 36.4 Å². The maximum absolute atomic E-state index is 6.20. The Morgan fingerprint density at radius 1 is 0.893 bits per heavy atom. The van der Waals surface area contributed by atoms with Crippen molar-refractivity contribution in [1.29, 1.82) is 0 Å². The van der Waals surface area contributed by atoms with Gasteiger partial charge in [0.15, 0.2) is 5.82 Å². The maximum Gasteiger partial charge on any atom is 0.163 e. The molecule has 0 bridgehead atoms. The monoisotopic (exact) mass is 398 g/mol. The van der Waals surface area contributed by atoms with Gasteiger partial charge in [0.05, 0.1) is 24.9 Å². The van der Waals surface area contributed by atoms with Gasteiger partial charge in [0.25, 0.3) is 0 Å². The molecule has 146 valence electrons. The van der Waals surface area contributed by atoms with Crippen molar-refractivity contribution in [2.75, 3.05) is 24.9 Å². The lowest BCUT2D eigenvalue weighted by molar-refractivity contribution is 0.405. The van der Waals surface area contributed by atoms with Crippen molar-refractivity contribution in [3.8, 4) is 22.9 Å². The molecule has 2 N–H and O–H groups in total. The summed E-state index contributed by atoms with van der Waals surface area (Å²) in [6.07, 6.45) is 0. The Bertz CT molecular complexity index is 949. The van der Waals surface area contributed by atoms with E-state index >= 15 is 0 Å². The number of ether oxygens (including phenoxy) is 2. The highest BCUT2D eigenvalue weighted by molar-refractivity contribution is 6.32. The Hall–Kier alpha value is -2.99. The van der Waals surface area contributed by atoms with Crippen LogP contribution in [0.3, 0.4) is 0 Å². The van der Waals surface area contributed by atoms with E-state index in [1.165, 1.54) is 0 Å². The van der Waals surface area contributed by atoms with Crippen LogP contribution in [-0.4, -0.2) is 30.2 Å². The SMILES string of the molecule is COc1cc(Nc2cc(NC(C)C)nc(-c3ccccc3)n2)c(OC)cc1Cl. The van der Waals surface area contributed by atoms with Crippen LogP contribution in [0, 0.1) is 0 Å². The third-order valence-electron chi connectivity index (χ3n) is 3.93. The number of anilines is 3. The summed E-state index contributed by atoms with van der Waals surface area (Å²) in [5.41, 5.74) is 1.62. The standard InChI is InChI=1S/C21H23ClN4O2/c1-13(2)23-19-12-20(26-21(25-19)14-8-6-5-7-9-14)24-16-11-17(27-3)15(22)10-18(16)28-4/h5-13H,1-4H3,(H2,23,24,25,26). The molecule has 0 aliphatic carbocycles. The van der Waals surface area contributed by atoms with Crippen LogP contribution in [0.5, 0.6) is 11.5 Å². The smallest absolute Gasteiger partial charge is 0.163 e. The van der Waals surface area contributed by atoms with E-state index in [9.17, 15) is 0 Å². The molecule has 6 nitrogen and oxygen atoms in total. The number of methoxy groups -OCH3 is 2. The number of benzene rings is 2. The van der Waals surface area contributed by atoms with Crippen molar-refractivity contribution in [1.82, 2.24) is 9.97 Å². The van der Waals surface area contributed by atoms with Crippen molar-refractivity contribution in [3.63, 3.8) is 0 Å². The number of hydrogen-bond donors (Lipinski definition) is 2. The van der Waals surface area contributed by atoms with Crippen LogP contribution in [0.4, 0.5) is 17.3 Å². The molecule has 28 heavy (non-hydrogen) atoms. The Balaban J connectivity index is 2.04. The quantitative estimate of drug-likeness (QED) is 0.557. The zero-order valence-electron chi connectivity index (χ0n) is 16.3. The first-order chi connectivity index (χ1) is 13.5. The van der Waals surface area contributed by atoms with Crippen LogP contribution in [-0.2, 0) is 0 Å². The van der Waals surface area contributed by atoms with Gasteiger partial charge >= 0.3 is 0 Å². The van der Waals surface area contributed by atoms with Crippen molar-refractivity contribution in [3.05, 3.63) is 53.6 Å². The van der Waals surface area contributed by atoms with Gasteiger partial charge in [0.2, 0.25) is 0 Å². The predicted molar refractivity (Wildman–Crippen MR) is 114 cm³/mol. The average Bonchev–Trinajstić information content (AvgIpc) is 2.69. The third-order valence-corrected chi connectivity index (χ3v) is 4.23. The number of rotatable bonds is 7. The summed E-state index contributed by atoms with van der Waals surface area (Å²) in [6.45, 7) is 4.12. The van der Waals surface area contributed by atoms with Crippen LogP contribution in [0.25, 0.3) is 11.4 Å². The van der Waals surface area contributed by atoms with Gasteiger partial charge in [-0.3, -0.25) is 0 Å². The molecule has 0 aliphatic rings. The summed E-state index contributed by atoms with van der Waals surface area (Å²) < 4.78 is 10.8. The van der Waals surface area contributed by atoms with E-state index in [0.717, 1.165) is 11.4 Å². The molecule has 7 heteroatoms. The Morgan fingerprint density at radius 2 is 1.57 bits per heavy atom. The topological polar surface area (TPSA) is 68.3 Å². The van der Waals surface area contributed by atoms with Gasteiger partial charge in [-0.15, -0.1) is 0 Å². The number of nitrogens with one attached hydrogen (secondary N) is 2. The van der Waals surface area contributed by atoms with Crippen LogP contribution in [0.2, 0.25) is 5.02 Å². The first kappa shape index (κ1) is 19.8. The predicted octanol–water partition coefficient (Wildman–Crippen LogP) is 5.38. The zero-order valence-corrected chi connectivity index (χ0v) is 17.0. The highest BCUT2D eigenvalue weighted by Crippen LogP contribution is 2.37.